The van der Waals surface area contributed by atoms with E-state index in [1.807, 2.05) is 67.4 Å². The molecule has 0 aliphatic heterocycles. The molecule has 192 valence electrons. The Kier molecular flexibility index (Phi) is 8.51. The third-order valence-corrected chi connectivity index (χ3v) is 6.74. The molecular weight excluding hydrogens is 486 g/mol. The first-order valence-electron chi connectivity index (χ1n) is 12.4. The van der Waals surface area contributed by atoms with Gasteiger partial charge in [0.05, 0.1) is 7.11 Å². The van der Waals surface area contributed by atoms with Gasteiger partial charge < -0.3 is 19.5 Å². The number of benzene rings is 3. The van der Waals surface area contributed by atoms with Crippen LogP contribution in [-0.2, 0) is 17.8 Å². The number of fused-ring (bicyclic) bond motifs is 1. The third-order valence-electron chi connectivity index (χ3n) is 6.49. The summed E-state index contributed by atoms with van der Waals surface area (Å²) in [7, 11) is 1.63. The summed E-state index contributed by atoms with van der Waals surface area (Å²) >= 11 is 6.00. The van der Waals surface area contributed by atoms with Crippen LogP contribution < -0.4 is 4.74 Å². The predicted molar refractivity (Wildman–Crippen MR) is 148 cm³/mol. The van der Waals surface area contributed by atoms with Crippen LogP contribution in [0, 0.1) is 0 Å². The lowest BCUT2D eigenvalue weighted by atomic mass is 10.1. The van der Waals surface area contributed by atoms with E-state index in [-0.39, 0.29) is 24.4 Å². The van der Waals surface area contributed by atoms with Gasteiger partial charge >= 0.3 is 0 Å². The molecule has 1 N–H and O–H groups in total. The van der Waals surface area contributed by atoms with Crippen LogP contribution in [0.15, 0.2) is 79.0 Å². The molecule has 3 aromatic carbocycles. The Morgan fingerprint density at radius 1 is 0.973 bits per heavy atom. The second-order valence-corrected chi connectivity index (χ2v) is 9.74. The standard InChI is InChI=1S/C30H32ClN3O3/c1-21(2)34(30(36)23-10-12-25(31)13-11-23)20-29(35)33(19-22-8-14-26(37-3)15-9-22)17-16-24-18-32-28-7-5-4-6-27(24)28/h4-15,18,21,32H,16-17,19-20H2,1-3H3. The van der Waals surface area contributed by atoms with E-state index in [9.17, 15) is 9.59 Å². The molecule has 0 aliphatic rings. The van der Waals surface area contributed by atoms with E-state index in [4.69, 9.17) is 16.3 Å². The van der Waals surface area contributed by atoms with E-state index in [2.05, 4.69) is 11.1 Å². The molecular formula is C30H32ClN3O3. The number of methoxy groups -OCH3 is 1. The molecule has 0 fully saturated rings. The van der Waals surface area contributed by atoms with Crippen molar-refractivity contribution in [1.82, 2.24) is 14.8 Å². The molecule has 0 saturated carbocycles. The van der Waals surface area contributed by atoms with Crippen LogP contribution in [0.1, 0.15) is 35.3 Å². The minimum absolute atomic E-state index is 0.0107. The van der Waals surface area contributed by atoms with E-state index in [1.54, 1.807) is 36.3 Å². The number of nitrogens with one attached hydrogen (secondary N) is 1. The van der Waals surface area contributed by atoms with Gasteiger partial charge in [0.2, 0.25) is 5.91 Å². The fourth-order valence-corrected chi connectivity index (χ4v) is 4.46. The van der Waals surface area contributed by atoms with E-state index >= 15 is 0 Å². The predicted octanol–water partition coefficient (Wildman–Crippen LogP) is 5.95. The van der Waals surface area contributed by atoms with Crippen molar-refractivity contribution >= 4 is 34.3 Å². The van der Waals surface area contributed by atoms with Crippen molar-refractivity contribution in [2.45, 2.75) is 32.9 Å². The lowest BCUT2D eigenvalue weighted by Gasteiger charge is -2.30. The number of aromatic nitrogens is 1. The van der Waals surface area contributed by atoms with Crippen molar-refractivity contribution in [3.8, 4) is 5.75 Å². The fraction of sp³-hybridized carbons (Fsp3) is 0.267. The van der Waals surface area contributed by atoms with Crippen molar-refractivity contribution in [2.24, 2.45) is 0 Å². The van der Waals surface area contributed by atoms with Gasteiger partial charge in [-0.3, -0.25) is 9.59 Å². The average molecular weight is 518 g/mol. The number of ether oxygens (including phenoxy) is 1. The summed E-state index contributed by atoms with van der Waals surface area (Å²) in [6.45, 7) is 4.78. The minimum atomic E-state index is -0.193. The molecule has 0 unspecified atom stereocenters. The minimum Gasteiger partial charge on any atom is -0.497 e. The second kappa shape index (κ2) is 12.0. The maximum absolute atomic E-state index is 13.7. The molecule has 0 radical (unpaired) electrons. The third kappa shape index (κ3) is 6.52. The Hall–Kier alpha value is -3.77. The Morgan fingerprint density at radius 3 is 2.35 bits per heavy atom. The molecule has 0 bridgehead atoms. The number of aromatic amines is 1. The fourth-order valence-electron chi connectivity index (χ4n) is 4.33. The Morgan fingerprint density at radius 2 is 1.68 bits per heavy atom. The number of hydrogen-bond donors (Lipinski definition) is 1. The van der Waals surface area contributed by atoms with Crippen LogP contribution in [0.5, 0.6) is 5.75 Å². The number of carbonyl (C=O) groups excluding carboxylic acids is 2. The molecule has 0 spiro atoms. The van der Waals surface area contributed by atoms with Gasteiger partial charge in [-0.15, -0.1) is 0 Å². The number of rotatable bonds is 10. The summed E-state index contributed by atoms with van der Waals surface area (Å²) < 4.78 is 5.28. The second-order valence-electron chi connectivity index (χ2n) is 9.31. The topological polar surface area (TPSA) is 65.6 Å². The van der Waals surface area contributed by atoms with E-state index in [0.717, 1.165) is 27.8 Å². The van der Waals surface area contributed by atoms with Crippen molar-refractivity contribution < 1.29 is 14.3 Å². The molecule has 7 heteroatoms. The number of nitrogens with zero attached hydrogens (tertiary/aromatic N) is 2. The number of hydrogen-bond acceptors (Lipinski definition) is 3. The summed E-state index contributed by atoms with van der Waals surface area (Å²) in [6.07, 6.45) is 2.70. The summed E-state index contributed by atoms with van der Waals surface area (Å²) in [4.78, 5) is 33.7. The lowest BCUT2D eigenvalue weighted by molar-refractivity contribution is -0.132. The van der Waals surface area contributed by atoms with Gasteiger partial charge in [-0.2, -0.15) is 0 Å². The van der Waals surface area contributed by atoms with Crippen LogP contribution in [-0.4, -0.2) is 52.8 Å². The molecule has 1 heterocycles. The molecule has 1 aromatic heterocycles. The van der Waals surface area contributed by atoms with Gasteiger partial charge in [-0.05, 0) is 73.9 Å². The van der Waals surface area contributed by atoms with Crippen LogP contribution in [0.2, 0.25) is 5.02 Å². The lowest BCUT2D eigenvalue weighted by Crippen LogP contribution is -2.46. The highest BCUT2D eigenvalue weighted by atomic mass is 35.5. The molecule has 4 rings (SSSR count). The van der Waals surface area contributed by atoms with E-state index < -0.39 is 0 Å². The molecule has 0 saturated heterocycles. The number of halogens is 1. The average Bonchev–Trinajstić information content (AvgIpc) is 3.33. The maximum Gasteiger partial charge on any atom is 0.254 e. The van der Waals surface area contributed by atoms with Crippen LogP contribution in [0.3, 0.4) is 0 Å². The van der Waals surface area contributed by atoms with Gasteiger partial charge in [-0.25, -0.2) is 0 Å². The van der Waals surface area contributed by atoms with E-state index in [0.29, 0.717) is 30.1 Å². The zero-order valence-electron chi connectivity index (χ0n) is 21.4. The monoisotopic (exact) mass is 517 g/mol. The molecule has 37 heavy (non-hydrogen) atoms. The van der Waals surface area contributed by atoms with Crippen LogP contribution in [0.4, 0.5) is 0 Å². The van der Waals surface area contributed by atoms with Crippen LogP contribution in [0.25, 0.3) is 10.9 Å². The highest BCUT2D eigenvalue weighted by Gasteiger charge is 2.25. The first-order valence-corrected chi connectivity index (χ1v) is 12.8. The smallest absolute Gasteiger partial charge is 0.254 e. The van der Waals surface area contributed by atoms with Crippen molar-refractivity contribution in [3.05, 3.63) is 101 Å². The van der Waals surface area contributed by atoms with E-state index in [1.165, 1.54) is 0 Å². The van der Waals surface area contributed by atoms with Crippen molar-refractivity contribution in [3.63, 3.8) is 0 Å². The van der Waals surface area contributed by atoms with Gasteiger partial charge in [0.1, 0.15) is 12.3 Å². The quantitative estimate of drug-likeness (QED) is 0.282. The van der Waals surface area contributed by atoms with Gasteiger partial charge in [0.25, 0.3) is 5.91 Å². The zero-order valence-corrected chi connectivity index (χ0v) is 22.2. The molecule has 2 amide bonds. The molecule has 0 atom stereocenters. The zero-order chi connectivity index (χ0) is 26.4. The summed E-state index contributed by atoms with van der Waals surface area (Å²) in [5.74, 6) is 0.465. The number of H-pyrrole nitrogens is 1. The van der Waals surface area contributed by atoms with Gasteiger partial charge in [-0.1, -0.05) is 41.9 Å². The van der Waals surface area contributed by atoms with Crippen LogP contribution >= 0.6 is 11.6 Å². The van der Waals surface area contributed by atoms with Crippen molar-refractivity contribution in [1.29, 1.82) is 0 Å². The SMILES string of the molecule is COc1ccc(CN(CCc2c[nH]c3ccccc23)C(=O)CN(C(=O)c2ccc(Cl)cc2)C(C)C)cc1. The molecule has 0 aliphatic carbocycles. The number of amides is 2. The maximum atomic E-state index is 13.7. The van der Waals surface area contributed by atoms with Crippen molar-refractivity contribution in [2.75, 3.05) is 20.2 Å². The summed E-state index contributed by atoms with van der Waals surface area (Å²) in [5, 5.41) is 1.72. The molecule has 4 aromatic rings. The van der Waals surface area contributed by atoms with Gasteiger partial charge in [0.15, 0.2) is 0 Å². The normalized spacial score (nSPS) is 11.1. The summed E-state index contributed by atoms with van der Waals surface area (Å²) in [5.41, 5.74) is 3.73. The molecule has 6 nitrogen and oxygen atoms in total. The number of para-hydroxylation sites is 1. The first-order chi connectivity index (χ1) is 17.9. The Bertz CT molecular complexity index is 1350. The highest BCUT2D eigenvalue weighted by Crippen LogP contribution is 2.20. The highest BCUT2D eigenvalue weighted by molar-refractivity contribution is 6.30. The Balaban J connectivity index is 1.54. The summed E-state index contributed by atoms with van der Waals surface area (Å²) in [6, 6.07) is 22.5. The van der Waals surface area contributed by atoms with Gasteiger partial charge in [0, 0.05) is 46.8 Å². The number of carbonyl (C=O) groups is 2. The Labute approximate surface area is 222 Å². The first kappa shape index (κ1) is 26.3. The largest absolute Gasteiger partial charge is 0.497 e.